The van der Waals surface area contributed by atoms with Crippen LogP contribution in [0.2, 0.25) is 0 Å². The normalized spacial score (nSPS) is 10.5. The number of para-hydroxylation sites is 1. The van der Waals surface area contributed by atoms with Crippen molar-refractivity contribution in [3.05, 3.63) is 41.7 Å². The number of benzene rings is 1. The number of anilines is 3. The van der Waals surface area contributed by atoms with Crippen molar-refractivity contribution >= 4 is 17.3 Å². The lowest BCUT2D eigenvalue weighted by Crippen LogP contribution is -2.23. The van der Waals surface area contributed by atoms with Crippen molar-refractivity contribution in [3.63, 3.8) is 0 Å². The first-order chi connectivity index (χ1) is 10.2. The van der Waals surface area contributed by atoms with E-state index in [1.807, 2.05) is 6.07 Å². The van der Waals surface area contributed by atoms with Crippen LogP contribution in [-0.4, -0.2) is 23.1 Å². The minimum atomic E-state index is 0.843. The molecule has 0 spiro atoms. The van der Waals surface area contributed by atoms with E-state index < -0.39 is 0 Å². The first-order valence-electron chi connectivity index (χ1n) is 7.62. The maximum absolute atomic E-state index is 4.36. The largest absolute Gasteiger partial charge is 0.357 e. The minimum absolute atomic E-state index is 0.843. The second-order valence-corrected chi connectivity index (χ2v) is 5.02. The van der Waals surface area contributed by atoms with Gasteiger partial charge in [-0.15, -0.1) is 0 Å². The summed E-state index contributed by atoms with van der Waals surface area (Å²) in [6.45, 7) is 10.4. The van der Waals surface area contributed by atoms with E-state index in [0.717, 1.165) is 36.8 Å². The highest BCUT2D eigenvalue weighted by Gasteiger charge is 2.08. The van der Waals surface area contributed by atoms with Crippen LogP contribution >= 0.6 is 0 Å². The maximum Gasteiger partial charge on any atom is 0.135 e. The summed E-state index contributed by atoms with van der Waals surface area (Å²) >= 11 is 0. The van der Waals surface area contributed by atoms with E-state index in [2.05, 4.69) is 66.1 Å². The van der Waals surface area contributed by atoms with Crippen molar-refractivity contribution in [3.8, 4) is 0 Å². The monoisotopic (exact) mass is 284 g/mol. The molecule has 1 heterocycles. The number of nitrogens with zero attached hydrogens (tertiary/aromatic N) is 3. The summed E-state index contributed by atoms with van der Waals surface area (Å²) in [7, 11) is 0. The first kappa shape index (κ1) is 15.3. The Hall–Kier alpha value is -2.10. The molecule has 0 fully saturated rings. The number of hydrogen-bond donors (Lipinski definition) is 1. The van der Waals surface area contributed by atoms with Crippen molar-refractivity contribution < 1.29 is 0 Å². The van der Waals surface area contributed by atoms with E-state index in [0.29, 0.717) is 0 Å². The Morgan fingerprint density at radius 1 is 1.10 bits per heavy atom. The molecular weight excluding hydrogens is 260 g/mol. The van der Waals surface area contributed by atoms with Gasteiger partial charge >= 0.3 is 0 Å². The molecule has 0 aliphatic rings. The highest BCUT2D eigenvalue weighted by molar-refractivity contribution is 5.66. The molecule has 1 aromatic carbocycles. The fourth-order valence-electron chi connectivity index (χ4n) is 2.47. The fraction of sp³-hybridized carbons (Fsp3) is 0.412. The third-order valence-electron chi connectivity index (χ3n) is 3.73. The molecule has 0 aliphatic heterocycles. The van der Waals surface area contributed by atoms with Crippen molar-refractivity contribution in [1.82, 2.24) is 9.97 Å². The third-order valence-corrected chi connectivity index (χ3v) is 3.73. The molecule has 0 amide bonds. The molecule has 0 unspecified atom stereocenters. The smallest absolute Gasteiger partial charge is 0.135 e. The zero-order valence-electron chi connectivity index (χ0n) is 13.3. The predicted octanol–water partition coefficient (Wildman–Crippen LogP) is 3.94. The average Bonchev–Trinajstić information content (AvgIpc) is 2.51. The van der Waals surface area contributed by atoms with E-state index in [1.54, 1.807) is 6.33 Å². The average molecular weight is 284 g/mol. The van der Waals surface area contributed by atoms with E-state index in [1.165, 1.54) is 11.1 Å². The summed E-state index contributed by atoms with van der Waals surface area (Å²) in [5, 5.41) is 3.46. The molecule has 0 saturated carbocycles. The molecule has 2 rings (SSSR count). The van der Waals surface area contributed by atoms with Gasteiger partial charge in [0.2, 0.25) is 0 Å². The molecule has 4 nitrogen and oxygen atoms in total. The van der Waals surface area contributed by atoms with E-state index in [-0.39, 0.29) is 0 Å². The van der Waals surface area contributed by atoms with Crippen LogP contribution in [0.4, 0.5) is 17.3 Å². The predicted molar refractivity (Wildman–Crippen MR) is 89.4 cm³/mol. The highest BCUT2D eigenvalue weighted by atomic mass is 15.2. The van der Waals surface area contributed by atoms with E-state index in [9.17, 15) is 0 Å². The van der Waals surface area contributed by atoms with Gasteiger partial charge in [0.1, 0.15) is 18.0 Å². The van der Waals surface area contributed by atoms with Crippen LogP contribution in [0.5, 0.6) is 0 Å². The van der Waals surface area contributed by atoms with E-state index in [4.69, 9.17) is 0 Å². The van der Waals surface area contributed by atoms with Crippen molar-refractivity contribution in [1.29, 1.82) is 0 Å². The molecule has 1 aromatic heterocycles. The Bertz CT molecular complexity index is 591. The molecule has 1 N–H and O–H groups in total. The Morgan fingerprint density at radius 3 is 2.52 bits per heavy atom. The summed E-state index contributed by atoms with van der Waals surface area (Å²) in [4.78, 5) is 10.9. The Kier molecular flexibility index (Phi) is 5.14. The van der Waals surface area contributed by atoms with Gasteiger partial charge in [0, 0.05) is 24.8 Å². The lowest BCUT2D eigenvalue weighted by atomic mass is 10.1. The van der Waals surface area contributed by atoms with Crippen LogP contribution in [0, 0.1) is 6.92 Å². The number of rotatable bonds is 6. The van der Waals surface area contributed by atoms with Crippen LogP contribution < -0.4 is 10.2 Å². The lowest BCUT2D eigenvalue weighted by molar-refractivity contribution is 0.842. The lowest BCUT2D eigenvalue weighted by Gasteiger charge is -2.20. The van der Waals surface area contributed by atoms with Gasteiger partial charge in [0.05, 0.1) is 0 Å². The standard InChI is InChI=1S/C17H24N4/c1-5-14-10-8-9-13(4)17(14)20-15-11-16(19-12-18-15)21(6-2)7-3/h8-12H,5-7H2,1-4H3,(H,18,19,20). The Balaban J connectivity index is 2.30. The van der Waals surface area contributed by atoms with Crippen LogP contribution in [0.25, 0.3) is 0 Å². The van der Waals surface area contributed by atoms with Gasteiger partial charge in [0.15, 0.2) is 0 Å². The third kappa shape index (κ3) is 3.51. The van der Waals surface area contributed by atoms with Gasteiger partial charge in [-0.2, -0.15) is 0 Å². The van der Waals surface area contributed by atoms with Crippen LogP contribution in [0.1, 0.15) is 31.9 Å². The number of aryl methyl sites for hydroxylation is 2. The highest BCUT2D eigenvalue weighted by Crippen LogP contribution is 2.25. The van der Waals surface area contributed by atoms with Crippen molar-refractivity contribution in [2.45, 2.75) is 34.1 Å². The summed E-state index contributed by atoms with van der Waals surface area (Å²) in [5.74, 6) is 1.81. The van der Waals surface area contributed by atoms with Crippen LogP contribution in [-0.2, 0) is 6.42 Å². The number of hydrogen-bond acceptors (Lipinski definition) is 4. The molecule has 0 bridgehead atoms. The number of aromatic nitrogens is 2. The number of nitrogens with one attached hydrogen (secondary N) is 1. The van der Waals surface area contributed by atoms with Crippen LogP contribution in [0.3, 0.4) is 0 Å². The zero-order chi connectivity index (χ0) is 15.2. The molecule has 0 aliphatic carbocycles. The molecule has 112 valence electrons. The zero-order valence-corrected chi connectivity index (χ0v) is 13.3. The minimum Gasteiger partial charge on any atom is -0.357 e. The second kappa shape index (κ2) is 7.07. The topological polar surface area (TPSA) is 41.0 Å². The molecule has 2 aromatic rings. The summed E-state index contributed by atoms with van der Waals surface area (Å²) in [6, 6.07) is 8.38. The molecular formula is C17H24N4. The van der Waals surface area contributed by atoms with Gasteiger partial charge in [-0.25, -0.2) is 9.97 Å². The Labute approximate surface area is 127 Å². The van der Waals surface area contributed by atoms with Gasteiger partial charge in [-0.3, -0.25) is 0 Å². The summed E-state index contributed by atoms with van der Waals surface area (Å²) < 4.78 is 0. The molecule has 0 atom stereocenters. The fourth-order valence-corrected chi connectivity index (χ4v) is 2.47. The molecule has 4 heteroatoms. The quantitative estimate of drug-likeness (QED) is 0.872. The second-order valence-electron chi connectivity index (χ2n) is 5.02. The molecule has 21 heavy (non-hydrogen) atoms. The van der Waals surface area contributed by atoms with Gasteiger partial charge in [0.25, 0.3) is 0 Å². The summed E-state index contributed by atoms with van der Waals surface area (Å²) in [6.07, 6.45) is 2.62. The Morgan fingerprint density at radius 2 is 1.86 bits per heavy atom. The molecule has 0 radical (unpaired) electrons. The summed E-state index contributed by atoms with van der Waals surface area (Å²) in [5.41, 5.74) is 3.69. The van der Waals surface area contributed by atoms with Crippen LogP contribution in [0.15, 0.2) is 30.6 Å². The molecule has 0 saturated heterocycles. The maximum atomic E-state index is 4.36. The van der Waals surface area contributed by atoms with Crippen molar-refractivity contribution in [2.24, 2.45) is 0 Å². The first-order valence-corrected chi connectivity index (χ1v) is 7.62. The van der Waals surface area contributed by atoms with E-state index >= 15 is 0 Å². The van der Waals surface area contributed by atoms with Gasteiger partial charge < -0.3 is 10.2 Å². The van der Waals surface area contributed by atoms with Gasteiger partial charge in [-0.05, 0) is 38.3 Å². The van der Waals surface area contributed by atoms with Crippen molar-refractivity contribution in [2.75, 3.05) is 23.3 Å². The van der Waals surface area contributed by atoms with Gasteiger partial charge in [-0.1, -0.05) is 25.1 Å². The SMILES string of the molecule is CCc1cccc(C)c1Nc1cc(N(CC)CC)ncn1.